The minimum absolute atomic E-state index is 0.119. The van der Waals surface area contributed by atoms with Gasteiger partial charge < -0.3 is 15.7 Å². The zero-order valence-corrected chi connectivity index (χ0v) is 11.9. The summed E-state index contributed by atoms with van der Waals surface area (Å²) in [7, 11) is 0. The number of urea groups is 1. The van der Waals surface area contributed by atoms with Crippen molar-refractivity contribution in [2.24, 2.45) is 5.92 Å². The molecule has 1 rings (SSSR count). The van der Waals surface area contributed by atoms with Gasteiger partial charge in [-0.15, -0.1) is 0 Å². The summed E-state index contributed by atoms with van der Waals surface area (Å²) in [6, 6.07) is 2.51. The van der Waals surface area contributed by atoms with Gasteiger partial charge in [-0.1, -0.05) is 19.9 Å². The molecule has 1 atom stereocenters. The number of nitrogens with one attached hydrogen (secondary N) is 2. The van der Waals surface area contributed by atoms with E-state index in [4.69, 9.17) is 5.11 Å². The van der Waals surface area contributed by atoms with Crippen molar-refractivity contribution in [3.63, 3.8) is 0 Å². The van der Waals surface area contributed by atoms with Gasteiger partial charge in [0.15, 0.2) is 0 Å². The zero-order valence-electron chi connectivity index (χ0n) is 11.9. The molecule has 3 N–H and O–H groups in total. The van der Waals surface area contributed by atoms with Crippen molar-refractivity contribution in [1.82, 2.24) is 5.32 Å². The van der Waals surface area contributed by atoms with Crippen molar-refractivity contribution >= 4 is 23.4 Å². The highest BCUT2D eigenvalue weighted by Gasteiger charge is 2.24. The number of nitro benzene ring substituents is 1. The number of carboxylic acid groups (broad SMARTS) is 1. The first-order valence-corrected chi connectivity index (χ1v) is 6.28. The first-order valence-electron chi connectivity index (χ1n) is 6.28. The molecule has 0 bridgehead atoms. The molecule has 0 aromatic heterocycles. The van der Waals surface area contributed by atoms with Crippen molar-refractivity contribution in [3.05, 3.63) is 33.9 Å². The van der Waals surface area contributed by atoms with Crippen LogP contribution in [0.25, 0.3) is 0 Å². The van der Waals surface area contributed by atoms with Crippen molar-refractivity contribution in [2.75, 3.05) is 5.32 Å². The van der Waals surface area contributed by atoms with Crippen molar-refractivity contribution in [1.29, 1.82) is 0 Å². The molecule has 0 heterocycles. The molecule has 8 heteroatoms. The molecule has 114 valence electrons. The molecule has 0 saturated heterocycles. The maximum atomic E-state index is 11.8. The molecule has 0 spiro atoms. The third kappa shape index (κ3) is 4.16. The summed E-state index contributed by atoms with van der Waals surface area (Å²) in [5.41, 5.74) is 0.440. The van der Waals surface area contributed by atoms with Crippen LogP contribution in [0.4, 0.5) is 16.2 Å². The van der Waals surface area contributed by atoms with Gasteiger partial charge in [0, 0.05) is 6.07 Å². The van der Waals surface area contributed by atoms with Gasteiger partial charge >= 0.3 is 12.0 Å². The van der Waals surface area contributed by atoms with E-state index in [2.05, 4.69) is 10.6 Å². The van der Waals surface area contributed by atoms with Crippen molar-refractivity contribution in [2.45, 2.75) is 26.8 Å². The molecule has 0 aliphatic rings. The summed E-state index contributed by atoms with van der Waals surface area (Å²) in [5.74, 6) is -1.43. The molecular formula is C13H17N3O5. The number of benzene rings is 1. The van der Waals surface area contributed by atoms with Crippen LogP contribution in [-0.2, 0) is 4.79 Å². The van der Waals surface area contributed by atoms with Crippen LogP contribution in [0.2, 0.25) is 0 Å². The minimum Gasteiger partial charge on any atom is -0.480 e. The Bertz CT molecular complexity index is 571. The van der Waals surface area contributed by atoms with Crippen LogP contribution in [0, 0.1) is 23.0 Å². The van der Waals surface area contributed by atoms with Gasteiger partial charge in [0.05, 0.1) is 16.2 Å². The number of carbonyl (C=O) groups excluding carboxylic acids is 1. The topological polar surface area (TPSA) is 122 Å². The van der Waals surface area contributed by atoms with Crippen LogP contribution in [0.15, 0.2) is 18.2 Å². The Balaban J connectivity index is 2.87. The largest absolute Gasteiger partial charge is 0.480 e. The average molecular weight is 295 g/mol. The number of hydrogen-bond donors (Lipinski definition) is 3. The quantitative estimate of drug-likeness (QED) is 0.567. The van der Waals surface area contributed by atoms with Gasteiger partial charge in [-0.25, -0.2) is 9.59 Å². The van der Waals surface area contributed by atoms with E-state index in [9.17, 15) is 19.7 Å². The summed E-state index contributed by atoms with van der Waals surface area (Å²) in [6.45, 7) is 4.83. The summed E-state index contributed by atoms with van der Waals surface area (Å²) >= 11 is 0. The third-order valence-corrected chi connectivity index (χ3v) is 2.97. The molecule has 0 aliphatic heterocycles. The lowest BCUT2D eigenvalue weighted by molar-refractivity contribution is -0.385. The highest BCUT2D eigenvalue weighted by Crippen LogP contribution is 2.24. The van der Waals surface area contributed by atoms with Crippen LogP contribution >= 0.6 is 0 Å². The highest BCUT2D eigenvalue weighted by atomic mass is 16.6. The predicted molar refractivity (Wildman–Crippen MR) is 76.2 cm³/mol. The second-order valence-electron chi connectivity index (χ2n) is 4.87. The number of carbonyl (C=O) groups is 2. The number of rotatable bonds is 5. The fraction of sp³-hybridized carbons (Fsp3) is 0.385. The molecule has 0 fully saturated rings. The van der Waals surface area contributed by atoms with E-state index < -0.39 is 23.0 Å². The van der Waals surface area contributed by atoms with E-state index in [-0.39, 0.29) is 17.3 Å². The van der Waals surface area contributed by atoms with Gasteiger partial charge in [0.2, 0.25) is 0 Å². The number of hydrogen-bond acceptors (Lipinski definition) is 4. The van der Waals surface area contributed by atoms with E-state index in [1.807, 2.05) is 0 Å². The number of nitrogens with zero attached hydrogens (tertiary/aromatic N) is 1. The Morgan fingerprint density at radius 1 is 1.33 bits per heavy atom. The Morgan fingerprint density at radius 2 is 1.95 bits per heavy atom. The van der Waals surface area contributed by atoms with Gasteiger partial charge in [0.1, 0.15) is 6.04 Å². The number of aliphatic carboxylic acids is 1. The first-order chi connectivity index (χ1) is 9.73. The third-order valence-electron chi connectivity index (χ3n) is 2.97. The van der Waals surface area contributed by atoms with E-state index in [0.717, 1.165) is 0 Å². The Kier molecular flexibility index (Phi) is 5.23. The smallest absolute Gasteiger partial charge is 0.326 e. The molecule has 1 aromatic rings. The molecule has 8 nitrogen and oxygen atoms in total. The Labute approximate surface area is 121 Å². The van der Waals surface area contributed by atoms with Crippen LogP contribution in [0.3, 0.4) is 0 Å². The molecule has 2 amide bonds. The van der Waals surface area contributed by atoms with Gasteiger partial charge in [0.25, 0.3) is 5.69 Å². The van der Waals surface area contributed by atoms with E-state index >= 15 is 0 Å². The summed E-state index contributed by atoms with van der Waals surface area (Å²) in [4.78, 5) is 33.1. The van der Waals surface area contributed by atoms with Crippen molar-refractivity contribution < 1.29 is 19.6 Å². The standard InChI is InChI=1S/C13H17N3O5/c1-7(2)11(12(17)18)15-13(19)14-9-5-4-6-10(8(9)3)16(20)21/h4-7,11H,1-3H3,(H,17,18)(H2,14,15,19). The van der Waals surface area contributed by atoms with Crippen LogP contribution < -0.4 is 10.6 Å². The lowest BCUT2D eigenvalue weighted by Gasteiger charge is -2.18. The molecule has 0 saturated carbocycles. The molecule has 0 radical (unpaired) electrons. The van der Waals surface area contributed by atoms with Crippen LogP contribution in [0.5, 0.6) is 0 Å². The normalized spacial score (nSPS) is 11.8. The maximum absolute atomic E-state index is 11.8. The number of nitro groups is 1. The monoisotopic (exact) mass is 295 g/mol. The number of anilines is 1. The molecule has 1 unspecified atom stereocenters. The highest BCUT2D eigenvalue weighted by molar-refractivity contribution is 5.93. The maximum Gasteiger partial charge on any atom is 0.326 e. The SMILES string of the molecule is Cc1c(NC(=O)NC(C(=O)O)C(C)C)cccc1[N+](=O)[O-]. The first kappa shape index (κ1) is 16.4. The lowest BCUT2D eigenvalue weighted by atomic mass is 10.1. The summed E-state index contributed by atoms with van der Waals surface area (Å²) < 4.78 is 0. The minimum atomic E-state index is -1.14. The van der Waals surface area contributed by atoms with Crippen molar-refractivity contribution in [3.8, 4) is 0 Å². The lowest BCUT2D eigenvalue weighted by Crippen LogP contribution is -2.46. The summed E-state index contributed by atoms with van der Waals surface area (Å²) in [6.07, 6.45) is 0. The average Bonchev–Trinajstić information content (AvgIpc) is 2.37. The molecule has 1 aromatic carbocycles. The van der Waals surface area contributed by atoms with Gasteiger partial charge in [-0.3, -0.25) is 10.1 Å². The van der Waals surface area contributed by atoms with Gasteiger partial charge in [-0.2, -0.15) is 0 Å². The second kappa shape index (κ2) is 6.69. The molecule has 21 heavy (non-hydrogen) atoms. The second-order valence-corrected chi connectivity index (χ2v) is 4.87. The zero-order chi connectivity index (χ0) is 16.2. The Morgan fingerprint density at radius 3 is 2.43 bits per heavy atom. The number of carboxylic acids is 1. The predicted octanol–water partition coefficient (Wildman–Crippen LogP) is 2.13. The number of amides is 2. The fourth-order valence-corrected chi connectivity index (χ4v) is 1.77. The van der Waals surface area contributed by atoms with Gasteiger partial charge in [-0.05, 0) is 18.9 Å². The molecular weight excluding hydrogens is 278 g/mol. The fourth-order valence-electron chi connectivity index (χ4n) is 1.77. The van der Waals surface area contributed by atoms with E-state index in [1.165, 1.54) is 25.1 Å². The van der Waals surface area contributed by atoms with E-state index in [1.54, 1.807) is 13.8 Å². The Hall–Kier alpha value is -2.64. The molecule has 0 aliphatic carbocycles. The van der Waals surface area contributed by atoms with Crippen LogP contribution in [-0.4, -0.2) is 28.1 Å². The van der Waals surface area contributed by atoms with E-state index in [0.29, 0.717) is 5.56 Å². The van der Waals surface area contributed by atoms with Crippen LogP contribution in [0.1, 0.15) is 19.4 Å². The summed E-state index contributed by atoms with van der Waals surface area (Å²) in [5, 5.41) is 24.6.